The van der Waals surface area contributed by atoms with Crippen molar-refractivity contribution in [3.8, 4) is 0 Å². The summed E-state index contributed by atoms with van der Waals surface area (Å²) in [6, 6.07) is 0. The Hall–Kier alpha value is -0.620. The van der Waals surface area contributed by atoms with E-state index >= 15 is 0 Å². The molecule has 0 aliphatic carbocycles. The van der Waals surface area contributed by atoms with E-state index in [0.29, 0.717) is 0 Å². The number of rotatable bonds is 8. The Labute approximate surface area is 101 Å². The molecule has 0 bridgehead atoms. The lowest BCUT2D eigenvalue weighted by molar-refractivity contribution is 0.525. The molecule has 0 saturated heterocycles. The maximum Gasteiger partial charge on any atom is 0.209 e. The summed E-state index contributed by atoms with van der Waals surface area (Å²) in [6.45, 7) is 6.19. The Morgan fingerprint density at radius 3 is 2.75 bits per heavy atom. The minimum atomic E-state index is 0.763. The summed E-state index contributed by atoms with van der Waals surface area (Å²) in [7, 11) is 1.93. The van der Waals surface area contributed by atoms with E-state index in [9.17, 15) is 0 Å². The number of hydrogen-bond acceptors (Lipinski definition) is 5. The predicted octanol–water partition coefficient (Wildman–Crippen LogP) is 1.42. The van der Waals surface area contributed by atoms with Gasteiger partial charge >= 0.3 is 0 Å². The molecule has 1 rings (SSSR count). The quantitative estimate of drug-likeness (QED) is 0.700. The second kappa shape index (κ2) is 7.62. The second-order valence-electron chi connectivity index (χ2n) is 3.78. The van der Waals surface area contributed by atoms with Crippen LogP contribution in [-0.2, 0) is 6.54 Å². The summed E-state index contributed by atoms with van der Waals surface area (Å²) in [6.07, 6.45) is 2.45. The van der Waals surface area contributed by atoms with Gasteiger partial charge in [-0.2, -0.15) is 0 Å². The van der Waals surface area contributed by atoms with Gasteiger partial charge in [0.25, 0.3) is 0 Å². The van der Waals surface area contributed by atoms with Crippen molar-refractivity contribution in [2.45, 2.75) is 38.4 Å². The summed E-state index contributed by atoms with van der Waals surface area (Å²) in [5.41, 5.74) is 0. The molecule has 92 valence electrons. The highest BCUT2D eigenvalue weighted by Gasteiger charge is 2.09. The Kier molecular flexibility index (Phi) is 6.40. The molecule has 0 unspecified atom stereocenters. The average Bonchev–Trinajstić information content (AvgIpc) is 2.75. The van der Waals surface area contributed by atoms with Crippen molar-refractivity contribution in [1.29, 1.82) is 0 Å². The summed E-state index contributed by atoms with van der Waals surface area (Å²) >= 11 is 1.76. The third-order valence-corrected chi connectivity index (χ3v) is 3.86. The first-order valence-corrected chi connectivity index (χ1v) is 6.83. The largest absolute Gasteiger partial charge is 0.318 e. The molecule has 0 aromatic carbocycles. The minimum Gasteiger partial charge on any atom is -0.318 e. The number of tetrazole rings is 1. The molecule has 0 spiro atoms. The molecule has 0 aliphatic rings. The van der Waals surface area contributed by atoms with E-state index in [1.54, 1.807) is 11.8 Å². The van der Waals surface area contributed by atoms with Crippen molar-refractivity contribution in [3.05, 3.63) is 0 Å². The van der Waals surface area contributed by atoms with E-state index < -0.39 is 0 Å². The van der Waals surface area contributed by atoms with Crippen molar-refractivity contribution >= 4 is 11.8 Å². The van der Waals surface area contributed by atoms with Crippen LogP contribution in [0.2, 0.25) is 0 Å². The van der Waals surface area contributed by atoms with Gasteiger partial charge in [-0.05, 0) is 23.4 Å². The van der Waals surface area contributed by atoms with Crippen LogP contribution in [0.15, 0.2) is 5.16 Å². The van der Waals surface area contributed by atoms with Crippen LogP contribution in [0.3, 0.4) is 0 Å². The first-order chi connectivity index (χ1) is 7.81. The Balaban J connectivity index is 2.43. The molecule has 0 radical (unpaired) electrons. The fourth-order valence-corrected chi connectivity index (χ4v) is 2.60. The summed E-state index contributed by atoms with van der Waals surface area (Å²) < 4.78 is 1.86. The van der Waals surface area contributed by atoms with Crippen molar-refractivity contribution in [2.24, 2.45) is 5.92 Å². The molecule has 1 aromatic heterocycles. The van der Waals surface area contributed by atoms with E-state index in [4.69, 9.17) is 0 Å². The van der Waals surface area contributed by atoms with Crippen molar-refractivity contribution < 1.29 is 0 Å². The van der Waals surface area contributed by atoms with Crippen LogP contribution < -0.4 is 5.32 Å². The SMILES string of the molecule is CCC(CC)CSc1nnnn1CCNC. The highest BCUT2D eigenvalue weighted by Crippen LogP contribution is 2.20. The van der Waals surface area contributed by atoms with Gasteiger partial charge in [0.15, 0.2) is 0 Å². The fourth-order valence-electron chi connectivity index (χ4n) is 1.37. The Morgan fingerprint density at radius 1 is 1.38 bits per heavy atom. The third-order valence-electron chi connectivity index (χ3n) is 2.68. The number of hydrogen-bond donors (Lipinski definition) is 1. The average molecular weight is 243 g/mol. The number of likely N-dealkylation sites (N-methyl/N-ethyl adjacent to an activating group) is 1. The van der Waals surface area contributed by atoms with Gasteiger partial charge in [-0.25, -0.2) is 4.68 Å². The molecule has 6 heteroatoms. The highest BCUT2D eigenvalue weighted by molar-refractivity contribution is 7.99. The van der Waals surface area contributed by atoms with E-state index in [2.05, 4.69) is 34.7 Å². The number of thioether (sulfide) groups is 1. The molecule has 1 heterocycles. The van der Waals surface area contributed by atoms with Crippen LogP contribution in [0.25, 0.3) is 0 Å². The molecule has 0 atom stereocenters. The number of nitrogens with one attached hydrogen (secondary N) is 1. The molecule has 1 aromatic rings. The molecular formula is C10H21N5S. The van der Waals surface area contributed by atoms with Crippen LogP contribution in [-0.4, -0.2) is 39.6 Å². The van der Waals surface area contributed by atoms with Gasteiger partial charge < -0.3 is 5.32 Å². The molecule has 1 N–H and O–H groups in total. The topological polar surface area (TPSA) is 55.6 Å². The van der Waals surface area contributed by atoms with Crippen LogP contribution in [0.5, 0.6) is 0 Å². The zero-order valence-corrected chi connectivity index (χ0v) is 11.1. The molecule has 0 saturated carbocycles. The van der Waals surface area contributed by atoms with Gasteiger partial charge in [0.1, 0.15) is 0 Å². The molecule has 0 amide bonds. The van der Waals surface area contributed by atoms with E-state index in [1.165, 1.54) is 12.8 Å². The maximum absolute atomic E-state index is 4.05. The van der Waals surface area contributed by atoms with Gasteiger partial charge in [0.05, 0.1) is 6.54 Å². The molecule has 0 fully saturated rings. The first-order valence-electron chi connectivity index (χ1n) is 5.85. The summed E-state index contributed by atoms with van der Waals surface area (Å²) in [4.78, 5) is 0. The minimum absolute atomic E-state index is 0.763. The Morgan fingerprint density at radius 2 is 2.12 bits per heavy atom. The molecule has 5 nitrogen and oxygen atoms in total. The second-order valence-corrected chi connectivity index (χ2v) is 4.77. The van der Waals surface area contributed by atoms with Gasteiger partial charge in [-0.1, -0.05) is 38.5 Å². The van der Waals surface area contributed by atoms with Crippen LogP contribution in [0, 0.1) is 5.92 Å². The van der Waals surface area contributed by atoms with Crippen molar-refractivity contribution in [2.75, 3.05) is 19.3 Å². The standard InChI is InChI=1S/C10H21N5S/c1-4-9(5-2)8-16-10-12-13-14-15(10)7-6-11-3/h9,11H,4-8H2,1-3H3. The third kappa shape index (κ3) is 4.09. The van der Waals surface area contributed by atoms with Gasteiger partial charge in [0.2, 0.25) is 5.16 Å². The van der Waals surface area contributed by atoms with Crippen LogP contribution in [0.4, 0.5) is 0 Å². The molecular weight excluding hydrogens is 222 g/mol. The Bertz CT molecular complexity index is 284. The summed E-state index contributed by atoms with van der Waals surface area (Å²) in [5.74, 6) is 1.87. The smallest absolute Gasteiger partial charge is 0.209 e. The van der Waals surface area contributed by atoms with Crippen LogP contribution in [0.1, 0.15) is 26.7 Å². The molecule has 16 heavy (non-hydrogen) atoms. The zero-order chi connectivity index (χ0) is 11.8. The monoisotopic (exact) mass is 243 g/mol. The van der Waals surface area contributed by atoms with E-state index in [0.717, 1.165) is 29.9 Å². The summed E-state index contributed by atoms with van der Waals surface area (Å²) in [5, 5.41) is 15.8. The highest BCUT2D eigenvalue weighted by atomic mass is 32.2. The van der Waals surface area contributed by atoms with Crippen molar-refractivity contribution in [1.82, 2.24) is 25.5 Å². The first kappa shape index (κ1) is 13.4. The normalized spacial score (nSPS) is 11.2. The van der Waals surface area contributed by atoms with Gasteiger partial charge in [-0.3, -0.25) is 0 Å². The van der Waals surface area contributed by atoms with Gasteiger partial charge in [0, 0.05) is 12.3 Å². The van der Waals surface area contributed by atoms with Gasteiger partial charge in [-0.15, -0.1) is 5.10 Å². The predicted molar refractivity (Wildman–Crippen MR) is 66.5 cm³/mol. The number of aromatic nitrogens is 4. The lowest BCUT2D eigenvalue weighted by Gasteiger charge is -2.10. The fraction of sp³-hybridized carbons (Fsp3) is 0.900. The zero-order valence-electron chi connectivity index (χ0n) is 10.3. The molecule has 0 aliphatic heterocycles. The van der Waals surface area contributed by atoms with Crippen LogP contribution >= 0.6 is 11.8 Å². The lowest BCUT2D eigenvalue weighted by atomic mass is 10.1. The van der Waals surface area contributed by atoms with Crippen molar-refractivity contribution in [3.63, 3.8) is 0 Å². The maximum atomic E-state index is 4.05. The van der Waals surface area contributed by atoms with E-state index in [-0.39, 0.29) is 0 Å². The van der Waals surface area contributed by atoms with E-state index in [1.807, 2.05) is 11.7 Å². The number of nitrogens with zero attached hydrogens (tertiary/aromatic N) is 4. The lowest BCUT2D eigenvalue weighted by Crippen LogP contribution is -2.16.